The SMILES string of the molecule is CC(C)C(N)C(=O)NC(Cc1cnc[nH]1)C(=O)NC(CCCCN)C(=O)NC(CC(N)=O)C(=O)O. The number of hydrogen-bond donors (Lipinski definition) is 8. The Bertz CT molecular complexity index is 860. The van der Waals surface area contributed by atoms with Crippen molar-refractivity contribution in [1.29, 1.82) is 0 Å². The Balaban J connectivity index is 3.06. The van der Waals surface area contributed by atoms with Crippen molar-refractivity contribution in [3.63, 3.8) is 0 Å². The van der Waals surface area contributed by atoms with Gasteiger partial charge in [0.2, 0.25) is 23.6 Å². The van der Waals surface area contributed by atoms with Crippen LogP contribution in [0.5, 0.6) is 0 Å². The lowest BCUT2D eigenvalue weighted by atomic mass is 10.0. The van der Waals surface area contributed by atoms with Crippen molar-refractivity contribution < 1.29 is 29.1 Å². The van der Waals surface area contributed by atoms with Crippen LogP contribution in [0.1, 0.15) is 45.2 Å². The van der Waals surface area contributed by atoms with Gasteiger partial charge in [-0.25, -0.2) is 9.78 Å². The summed E-state index contributed by atoms with van der Waals surface area (Å²) in [6.45, 7) is 3.88. The standard InChI is InChI=1S/C21H36N8O6/c1-11(2)17(24)20(33)28-14(7-12-9-25-10-26-12)19(32)27-13(5-3-4-6-22)18(31)29-15(21(34)35)8-16(23)30/h9-11,13-15,17H,3-8,22,24H2,1-2H3,(H2,23,30)(H,25,26)(H,27,32)(H,28,33)(H,29,31)(H,34,35). The highest BCUT2D eigenvalue weighted by Crippen LogP contribution is 2.07. The van der Waals surface area contributed by atoms with Gasteiger partial charge in [0, 0.05) is 18.3 Å². The van der Waals surface area contributed by atoms with Gasteiger partial charge in [0.05, 0.1) is 18.8 Å². The number of nitrogens with one attached hydrogen (secondary N) is 4. The highest BCUT2D eigenvalue weighted by Gasteiger charge is 2.31. The second kappa shape index (κ2) is 14.7. The van der Waals surface area contributed by atoms with E-state index in [-0.39, 0.29) is 18.8 Å². The van der Waals surface area contributed by atoms with Crippen LogP contribution in [0.25, 0.3) is 0 Å². The van der Waals surface area contributed by atoms with E-state index in [4.69, 9.17) is 17.2 Å². The molecule has 14 heteroatoms. The molecule has 0 aliphatic rings. The molecule has 4 atom stereocenters. The Morgan fingerprint density at radius 1 is 1.00 bits per heavy atom. The lowest BCUT2D eigenvalue weighted by Gasteiger charge is -2.25. The molecule has 0 saturated carbocycles. The number of imidazole rings is 1. The van der Waals surface area contributed by atoms with E-state index in [0.29, 0.717) is 25.1 Å². The third-order valence-electron chi connectivity index (χ3n) is 5.23. The number of amides is 4. The molecule has 0 aliphatic carbocycles. The summed E-state index contributed by atoms with van der Waals surface area (Å²) in [7, 11) is 0. The van der Waals surface area contributed by atoms with Crippen LogP contribution in [-0.2, 0) is 30.4 Å². The number of primary amides is 1. The van der Waals surface area contributed by atoms with Gasteiger partial charge in [-0.05, 0) is 31.7 Å². The molecule has 1 heterocycles. The molecule has 0 bridgehead atoms. The van der Waals surface area contributed by atoms with E-state index in [9.17, 15) is 29.1 Å². The van der Waals surface area contributed by atoms with Crippen molar-refractivity contribution in [2.45, 2.75) is 70.1 Å². The molecule has 0 spiro atoms. The summed E-state index contributed by atoms with van der Waals surface area (Å²) in [4.78, 5) is 67.8. The van der Waals surface area contributed by atoms with Gasteiger partial charge in [0.1, 0.15) is 18.1 Å². The van der Waals surface area contributed by atoms with Crippen molar-refractivity contribution >= 4 is 29.6 Å². The summed E-state index contributed by atoms with van der Waals surface area (Å²) in [5.74, 6) is -4.58. The summed E-state index contributed by atoms with van der Waals surface area (Å²) in [6, 6.07) is -4.67. The van der Waals surface area contributed by atoms with E-state index in [1.54, 1.807) is 13.8 Å². The minimum Gasteiger partial charge on any atom is -0.480 e. The van der Waals surface area contributed by atoms with Gasteiger partial charge in [-0.15, -0.1) is 0 Å². The van der Waals surface area contributed by atoms with Crippen LogP contribution in [0.4, 0.5) is 0 Å². The average Bonchev–Trinajstić information content (AvgIpc) is 3.29. The highest BCUT2D eigenvalue weighted by atomic mass is 16.4. The van der Waals surface area contributed by atoms with Crippen LogP contribution in [0, 0.1) is 5.92 Å². The van der Waals surface area contributed by atoms with Gasteiger partial charge >= 0.3 is 5.97 Å². The summed E-state index contributed by atoms with van der Waals surface area (Å²) in [5, 5.41) is 16.7. The van der Waals surface area contributed by atoms with E-state index >= 15 is 0 Å². The van der Waals surface area contributed by atoms with E-state index in [2.05, 4.69) is 25.9 Å². The molecule has 0 saturated heterocycles. The van der Waals surface area contributed by atoms with Crippen LogP contribution < -0.4 is 33.2 Å². The lowest BCUT2D eigenvalue weighted by molar-refractivity contribution is -0.143. The largest absolute Gasteiger partial charge is 0.480 e. The molecule has 0 radical (unpaired) electrons. The number of carboxylic acid groups (broad SMARTS) is 1. The van der Waals surface area contributed by atoms with Gasteiger partial charge < -0.3 is 43.2 Å². The number of nitrogens with two attached hydrogens (primary N) is 3. The first-order chi connectivity index (χ1) is 16.5. The number of carbonyl (C=O) groups excluding carboxylic acids is 4. The van der Waals surface area contributed by atoms with Crippen molar-refractivity contribution in [3.05, 3.63) is 18.2 Å². The molecule has 35 heavy (non-hydrogen) atoms. The number of aromatic amines is 1. The predicted octanol–water partition coefficient (Wildman–Crippen LogP) is -2.52. The maximum Gasteiger partial charge on any atom is 0.326 e. The fraction of sp³-hybridized carbons (Fsp3) is 0.619. The number of unbranched alkanes of at least 4 members (excludes halogenated alkanes) is 1. The van der Waals surface area contributed by atoms with Crippen LogP contribution in [0.3, 0.4) is 0 Å². The predicted molar refractivity (Wildman–Crippen MR) is 125 cm³/mol. The number of rotatable bonds is 16. The quantitative estimate of drug-likeness (QED) is 0.112. The van der Waals surface area contributed by atoms with Gasteiger partial charge in [0.15, 0.2) is 0 Å². The summed E-state index contributed by atoms with van der Waals surface area (Å²) in [5.41, 5.74) is 17.0. The molecule has 0 aromatic carbocycles. The molecule has 196 valence electrons. The fourth-order valence-corrected chi connectivity index (χ4v) is 3.10. The van der Waals surface area contributed by atoms with Crippen molar-refractivity contribution in [2.24, 2.45) is 23.1 Å². The number of carboxylic acids is 1. The second-order valence-corrected chi connectivity index (χ2v) is 8.53. The molecule has 4 amide bonds. The van der Waals surface area contributed by atoms with E-state index in [0.717, 1.165) is 0 Å². The second-order valence-electron chi connectivity index (χ2n) is 8.53. The first-order valence-electron chi connectivity index (χ1n) is 11.3. The molecule has 1 rings (SSSR count). The molecule has 1 aromatic heterocycles. The normalized spacial score (nSPS) is 14.4. The molecule has 11 N–H and O–H groups in total. The van der Waals surface area contributed by atoms with Gasteiger partial charge in [0.25, 0.3) is 0 Å². The third kappa shape index (κ3) is 10.5. The van der Waals surface area contributed by atoms with Crippen LogP contribution >= 0.6 is 0 Å². The zero-order valence-corrected chi connectivity index (χ0v) is 20.0. The monoisotopic (exact) mass is 496 g/mol. The van der Waals surface area contributed by atoms with E-state index in [1.807, 2.05) is 0 Å². The molecule has 0 aliphatic heterocycles. The van der Waals surface area contributed by atoms with Gasteiger partial charge in [-0.2, -0.15) is 0 Å². The number of aliphatic carboxylic acids is 1. The summed E-state index contributed by atoms with van der Waals surface area (Å²) < 4.78 is 0. The maximum atomic E-state index is 13.1. The Morgan fingerprint density at radius 3 is 2.11 bits per heavy atom. The van der Waals surface area contributed by atoms with Gasteiger partial charge in [-0.3, -0.25) is 19.2 Å². The average molecular weight is 497 g/mol. The fourth-order valence-electron chi connectivity index (χ4n) is 3.10. The maximum absolute atomic E-state index is 13.1. The number of hydrogen-bond acceptors (Lipinski definition) is 8. The Hall–Kier alpha value is -3.52. The van der Waals surface area contributed by atoms with Crippen LogP contribution in [0.15, 0.2) is 12.5 Å². The minimum atomic E-state index is -1.56. The smallest absolute Gasteiger partial charge is 0.326 e. The van der Waals surface area contributed by atoms with Crippen LogP contribution in [0.2, 0.25) is 0 Å². The molecule has 0 fully saturated rings. The number of nitrogens with zero attached hydrogens (tertiary/aromatic N) is 1. The number of H-pyrrole nitrogens is 1. The summed E-state index contributed by atoms with van der Waals surface area (Å²) in [6.07, 6.45) is 3.49. The van der Waals surface area contributed by atoms with E-state index in [1.165, 1.54) is 12.5 Å². The first-order valence-corrected chi connectivity index (χ1v) is 11.3. The zero-order valence-electron chi connectivity index (χ0n) is 20.0. The first kappa shape index (κ1) is 29.5. The van der Waals surface area contributed by atoms with Crippen molar-refractivity contribution in [3.8, 4) is 0 Å². The minimum absolute atomic E-state index is 0.0406. The van der Waals surface area contributed by atoms with Crippen LogP contribution in [-0.4, -0.2) is 75.4 Å². The molecular formula is C21H36N8O6. The number of aromatic nitrogens is 2. The molecule has 4 unspecified atom stereocenters. The summed E-state index contributed by atoms with van der Waals surface area (Å²) >= 11 is 0. The zero-order chi connectivity index (χ0) is 26.5. The van der Waals surface area contributed by atoms with E-state index < -0.39 is 60.2 Å². The Labute approximate surface area is 203 Å². The Kier molecular flexibility index (Phi) is 12.4. The number of carbonyl (C=O) groups is 5. The molecular weight excluding hydrogens is 460 g/mol. The van der Waals surface area contributed by atoms with Crippen molar-refractivity contribution in [2.75, 3.05) is 6.54 Å². The lowest BCUT2D eigenvalue weighted by Crippen LogP contribution is -2.58. The topological polar surface area (TPSA) is 248 Å². The van der Waals surface area contributed by atoms with Crippen molar-refractivity contribution in [1.82, 2.24) is 25.9 Å². The van der Waals surface area contributed by atoms with Gasteiger partial charge in [-0.1, -0.05) is 13.8 Å². The molecule has 14 nitrogen and oxygen atoms in total. The Morgan fingerprint density at radius 2 is 1.60 bits per heavy atom. The third-order valence-corrected chi connectivity index (χ3v) is 5.23. The molecule has 1 aromatic rings. The highest BCUT2D eigenvalue weighted by molar-refractivity contribution is 5.95.